The van der Waals surface area contributed by atoms with E-state index in [1.165, 1.54) is 0 Å². The Hall–Kier alpha value is -3.08. The molecule has 0 unspecified atom stereocenters. The van der Waals surface area contributed by atoms with Gasteiger partial charge in [0.05, 0.1) is 18.8 Å². The smallest absolute Gasteiger partial charge is 0.433 e. The first kappa shape index (κ1) is 14.0. The van der Waals surface area contributed by atoms with Gasteiger partial charge in [0.25, 0.3) is 11.7 Å². The molecule has 100 valence electrons. The number of nitro groups is 1. The van der Waals surface area contributed by atoms with Crippen LogP contribution >= 0.6 is 0 Å². The summed E-state index contributed by atoms with van der Waals surface area (Å²) in [4.78, 5) is 22.9. The van der Waals surface area contributed by atoms with Crippen LogP contribution in [0.1, 0.15) is 24.3 Å². The predicted molar refractivity (Wildman–Crippen MR) is 54.6 cm³/mol. The third kappa shape index (κ3) is 2.78. The topological polar surface area (TPSA) is 186 Å². The first-order valence-corrected chi connectivity index (χ1v) is 4.56. The van der Waals surface area contributed by atoms with Crippen LogP contribution < -0.4 is 0 Å². The maximum Gasteiger partial charge on any atom is 0.433 e. The Morgan fingerprint density at radius 2 is 2.11 bits per heavy atom. The molecule has 0 radical (unpaired) electrons. The molecule has 13 heteroatoms. The summed E-state index contributed by atoms with van der Waals surface area (Å²) >= 11 is 0. The van der Waals surface area contributed by atoms with E-state index in [1.807, 2.05) is 0 Å². The second-order valence-corrected chi connectivity index (χ2v) is 3.56. The van der Waals surface area contributed by atoms with Crippen molar-refractivity contribution in [2.75, 3.05) is 0 Å². The molecular weight excluding hydrogens is 264 g/mol. The molecule has 0 aliphatic heterocycles. The second-order valence-electron chi connectivity index (χ2n) is 3.56. The lowest BCUT2D eigenvalue weighted by Crippen LogP contribution is -2.40. The number of carbonyl (C=O) groups excluding carboxylic acids is 1. The number of carbonyl (C=O) groups is 1. The van der Waals surface area contributed by atoms with Crippen molar-refractivity contribution in [1.29, 1.82) is 0 Å². The van der Waals surface area contributed by atoms with Crippen LogP contribution in [0.4, 0.5) is 5.82 Å². The zero-order valence-corrected chi connectivity index (χ0v) is 9.62. The third-order valence-electron chi connectivity index (χ3n) is 1.91. The van der Waals surface area contributed by atoms with Crippen molar-refractivity contribution in [3.05, 3.63) is 31.5 Å². The van der Waals surface area contributed by atoms with Gasteiger partial charge in [0.1, 0.15) is 0 Å². The van der Waals surface area contributed by atoms with Crippen molar-refractivity contribution in [2.24, 2.45) is 10.2 Å². The van der Waals surface area contributed by atoms with Gasteiger partial charge in [-0.3, -0.25) is 14.9 Å². The molecule has 0 bridgehead atoms. The Kier molecular flexibility index (Phi) is 3.72. The van der Waals surface area contributed by atoms with Crippen LogP contribution in [0.3, 0.4) is 0 Å². The number of rotatable bonds is 4. The van der Waals surface area contributed by atoms with Crippen LogP contribution in [0.25, 0.3) is 10.4 Å². The molecule has 0 aliphatic rings. The van der Waals surface area contributed by atoms with Gasteiger partial charge in [-0.25, -0.2) is 4.63 Å². The van der Waals surface area contributed by atoms with E-state index in [1.54, 1.807) is 0 Å². The molecular formula is C6H6N8O5. The lowest BCUT2D eigenvalue weighted by Gasteiger charge is -2.11. The van der Waals surface area contributed by atoms with E-state index in [2.05, 4.69) is 30.1 Å². The number of azo groups is 1. The first-order chi connectivity index (χ1) is 8.80. The summed E-state index contributed by atoms with van der Waals surface area (Å²) in [5, 5.41) is 34.2. The fourth-order valence-electron chi connectivity index (χ4n) is 0.750. The normalized spacial score (nSPS) is 11.8. The molecule has 0 atom stereocenters. The molecule has 0 saturated heterocycles. The average Bonchev–Trinajstić information content (AvgIpc) is 2.77. The summed E-state index contributed by atoms with van der Waals surface area (Å²) in [6, 6.07) is 0. The molecule has 0 spiro atoms. The summed E-state index contributed by atoms with van der Waals surface area (Å²) in [5.41, 5.74) is 5.36. The molecule has 19 heavy (non-hydrogen) atoms. The molecule has 0 saturated carbocycles. The molecule has 0 aromatic carbocycles. The van der Waals surface area contributed by atoms with Crippen LogP contribution in [-0.4, -0.2) is 31.7 Å². The number of hydroxylamine groups is 1. The third-order valence-corrected chi connectivity index (χ3v) is 1.91. The number of amides is 1. The van der Waals surface area contributed by atoms with Gasteiger partial charge >= 0.3 is 5.66 Å². The fourth-order valence-corrected chi connectivity index (χ4v) is 0.750. The Bertz CT molecular complexity index is 597. The average molecular weight is 270 g/mol. The fraction of sp³-hybridized carbons (Fsp3) is 0.500. The van der Waals surface area contributed by atoms with Crippen LogP contribution in [-0.2, 0) is 0 Å². The van der Waals surface area contributed by atoms with Gasteiger partial charge in [-0.05, 0) is 25.8 Å². The highest BCUT2D eigenvalue weighted by atomic mass is 16.7. The quantitative estimate of drug-likeness (QED) is 0.149. The lowest BCUT2D eigenvalue weighted by molar-refractivity contribution is -0.804. The highest BCUT2D eigenvalue weighted by Gasteiger charge is 2.42. The van der Waals surface area contributed by atoms with E-state index >= 15 is 0 Å². The SMILES string of the molecule is CC(C)([N+](=O)[O-])[N+]([O-])=Nc1nonc1C(=O)N=[N+]=[N-]. The van der Waals surface area contributed by atoms with E-state index in [-0.39, 0.29) is 4.86 Å². The van der Waals surface area contributed by atoms with Gasteiger partial charge in [-0.15, -0.1) is 0 Å². The van der Waals surface area contributed by atoms with E-state index in [4.69, 9.17) is 5.53 Å². The molecule has 0 fully saturated rings. The number of hydrogen-bond acceptors (Lipinski definition) is 8. The van der Waals surface area contributed by atoms with E-state index in [0.29, 0.717) is 0 Å². The molecule has 1 aromatic heterocycles. The van der Waals surface area contributed by atoms with Crippen molar-refractivity contribution >= 4 is 11.7 Å². The number of azide groups is 1. The Labute approximate surface area is 103 Å². The van der Waals surface area contributed by atoms with Gasteiger partial charge in [0.15, 0.2) is 0 Å². The van der Waals surface area contributed by atoms with E-state index < -0.39 is 28.0 Å². The molecule has 1 amide bonds. The van der Waals surface area contributed by atoms with Crippen molar-refractivity contribution in [3.8, 4) is 0 Å². The minimum Gasteiger partial charge on any atom is -0.594 e. The minimum absolute atomic E-state index is 0.278. The molecule has 1 heterocycles. The summed E-state index contributed by atoms with van der Waals surface area (Å²) in [6.07, 6.45) is 0. The van der Waals surface area contributed by atoms with Crippen LogP contribution in [0.5, 0.6) is 0 Å². The first-order valence-electron chi connectivity index (χ1n) is 4.56. The Balaban J connectivity index is 3.20. The summed E-state index contributed by atoms with van der Waals surface area (Å²) in [7, 11) is 0. The standard InChI is InChI=1S/C6H6N8O5/c1-6(2,14(17)18)13(16)9-4-3(10-19-11-4)5(15)8-12-7/h1-2H3. The van der Waals surface area contributed by atoms with Crippen molar-refractivity contribution in [1.82, 2.24) is 10.3 Å². The maximum absolute atomic E-state index is 11.5. The summed E-state index contributed by atoms with van der Waals surface area (Å²) < 4.78 is 4.15. The highest BCUT2D eigenvalue weighted by Crippen LogP contribution is 2.18. The number of hydrogen-bond donors (Lipinski definition) is 0. The number of nitrogens with zero attached hydrogens (tertiary/aromatic N) is 8. The van der Waals surface area contributed by atoms with Gasteiger partial charge in [0, 0.05) is 10.0 Å². The maximum atomic E-state index is 11.5. The van der Waals surface area contributed by atoms with Gasteiger partial charge < -0.3 is 5.21 Å². The Morgan fingerprint density at radius 1 is 1.47 bits per heavy atom. The zero-order chi connectivity index (χ0) is 14.6. The lowest BCUT2D eigenvalue weighted by atomic mass is 10.3. The molecule has 13 nitrogen and oxygen atoms in total. The van der Waals surface area contributed by atoms with E-state index in [0.717, 1.165) is 13.8 Å². The van der Waals surface area contributed by atoms with Gasteiger partial charge in [-0.2, -0.15) is 0 Å². The molecule has 1 aromatic rings. The monoisotopic (exact) mass is 270 g/mol. The predicted octanol–water partition coefficient (Wildman–Crippen LogP) is 1.13. The highest BCUT2D eigenvalue weighted by molar-refractivity contribution is 5.96. The Morgan fingerprint density at radius 3 is 2.63 bits per heavy atom. The second kappa shape index (κ2) is 5.05. The van der Waals surface area contributed by atoms with Crippen LogP contribution in [0.15, 0.2) is 14.9 Å². The largest absolute Gasteiger partial charge is 0.594 e. The van der Waals surface area contributed by atoms with Crippen molar-refractivity contribution < 1.29 is 19.2 Å². The van der Waals surface area contributed by atoms with Crippen LogP contribution in [0.2, 0.25) is 0 Å². The van der Waals surface area contributed by atoms with Gasteiger partial charge in [-0.1, -0.05) is 0 Å². The summed E-state index contributed by atoms with van der Waals surface area (Å²) in [5.74, 6) is -1.81. The minimum atomic E-state index is -2.09. The van der Waals surface area contributed by atoms with Crippen molar-refractivity contribution in [3.63, 3.8) is 0 Å². The number of aromatic nitrogens is 2. The van der Waals surface area contributed by atoms with Crippen LogP contribution in [0, 0.1) is 15.3 Å². The molecule has 0 aliphatic carbocycles. The molecule has 1 rings (SSSR count). The summed E-state index contributed by atoms with van der Waals surface area (Å²) in [6.45, 7) is 1.98. The molecule has 0 N–H and O–H groups in total. The van der Waals surface area contributed by atoms with Crippen molar-refractivity contribution in [2.45, 2.75) is 19.5 Å². The zero-order valence-electron chi connectivity index (χ0n) is 9.62. The van der Waals surface area contributed by atoms with Gasteiger partial charge in [0.2, 0.25) is 5.69 Å². The van der Waals surface area contributed by atoms with E-state index in [9.17, 15) is 20.1 Å².